The summed E-state index contributed by atoms with van der Waals surface area (Å²) in [6.45, 7) is 5.78. The Morgan fingerprint density at radius 3 is 3.08 bits per heavy atom. The molecule has 134 valence electrons. The number of aromatic nitrogens is 3. The number of nitrogens with one attached hydrogen (secondary N) is 1. The van der Waals surface area contributed by atoms with Crippen LogP contribution in [-0.2, 0) is 17.6 Å². The van der Waals surface area contributed by atoms with Gasteiger partial charge >= 0.3 is 0 Å². The van der Waals surface area contributed by atoms with Gasteiger partial charge < -0.3 is 19.1 Å². The van der Waals surface area contributed by atoms with Crippen LogP contribution in [0.15, 0.2) is 21.7 Å². The predicted molar refractivity (Wildman–Crippen MR) is 89.4 cm³/mol. The second kappa shape index (κ2) is 7.60. The van der Waals surface area contributed by atoms with Gasteiger partial charge in [-0.3, -0.25) is 9.59 Å². The minimum absolute atomic E-state index is 0.0750. The molecule has 0 radical (unpaired) electrons. The van der Waals surface area contributed by atoms with E-state index < -0.39 is 0 Å². The molecule has 1 aliphatic heterocycles. The lowest BCUT2D eigenvalue weighted by molar-refractivity contribution is 0.0734. The highest BCUT2D eigenvalue weighted by atomic mass is 16.5. The van der Waals surface area contributed by atoms with Gasteiger partial charge in [-0.2, -0.15) is 0 Å². The highest BCUT2D eigenvalue weighted by Gasteiger charge is 2.28. The number of H-pyrrole nitrogens is 1. The Kier molecular flexibility index (Phi) is 5.28. The van der Waals surface area contributed by atoms with E-state index in [-0.39, 0.29) is 17.4 Å². The first kappa shape index (κ1) is 17.3. The Morgan fingerprint density at radius 1 is 1.48 bits per heavy atom. The minimum atomic E-state index is -0.180. The van der Waals surface area contributed by atoms with Gasteiger partial charge in [0.2, 0.25) is 0 Å². The molecule has 2 aromatic rings. The van der Waals surface area contributed by atoms with Crippen molar-refractivity contribution >= 4 is 5.91 Å². The van der Waals surface area contributed by atoms with Crippen molar-refractivity contribution in [3.8, 4) is 0 Å². The molecule has 3 heterocycles. The van der Waals surface area contributed by atoms with Gasteiger partial charge in [-0.25, -0.2) is 4.98 Å². The lowest BCUT2D eigenvalue weighted by Gasteiger charge is -2.23. The molecule has 1 fully saturated rings. The molecule has 0 aliphatic carbocycles. The number of hydrogen-bond acceptors (Lipinski definition) is 6. The lowest BCUT2D eigenvalue weighted by atomic mass is 10.0. The monoisotopic (exact) mass is 346 g/mol. The summed E-state index contributed by atoms with van der Waals surface area (Å²) in [6.07, 6.45) is 2.62. The second-order valence-corrected chi connectivity index (χ2v) is 6.21. The summed E-state index contributed by atoms with van der Waals surface area (Å²) >= 11 is 0. The minimum Gasteiger partial charge on any atom is -0.379 e. The molecule has 0 saturated carbocycles. The van der Waals surface area contributed by atoms with E-state index >= 15 is 0 Å². The molecule has 1 N–H and O–H groups in total. The highest BCUT2D eigenvalue weighted by Crippen LogP contribution is 2.19. The largest absolute Gasteiger partial charge is 0.379 e. The second-order valence-electron chi connectivity index (χ2n) is 6.21. The first-order valence-electron chi connectivity index (χ1n) is 8.44. The van der Waals surface area contributed by atoms with E-state index in [1.54, 1.807) is 11.8 Å². The third-order valence-electron chi connectivity index (χ3n) is 4.34. The van der Waals surface area contributed by atoms with Crippen LogP contribution in [0.3, 0.4) is 0 Å². The van der Waals surface area contributed by atoms with Gasteiger partial charge in [-0.1, -0.05) is 12.1 Å². The van der Waals surface area contributed by atoms with Crippen LogP contribution in [0.2, 0.25) is 0 Å². The number of carbonyl (C=O) groups excluding carboxylic acids is 1. The summed E-state index contributed by atoms with van der Waals surface area (Å²) in [5.74, 6) is 0.538. The van der Waals surface area contributed by atoms with Crippen molar-refractivity contribution in [2.75, 3.05) is 26.3 Å². The molecular formula is C17H22N4O4. The van der Waals surface area contributed by atoms with E-state index in [2.05, 4.69) is 15.1 Å². The molecule has 1 atom stereocenters. The van der Waals surface area contributed by atoms with Gasteiger partial charge in [0.1, 0.15) is 11.3 Å². The van der Waals surface area contributed by atoms with Gasteiger partial charge in [0.05, 0.1) is 25.2 Å². The molecule has 25 heavy (non-hydrogen) atoms. The van der Waals surface area contributed by atoms with Crippen molar-refractivity contribution in [2.45, 2.75) is 26.7 Å². The molecular weight excluding hydrogens is 324 g/mol. The topological polar surface area (TPSA) is 101 Å². The molecule has 3 rings (SSSR count). The molecule has 2 aromatic heterocycles. The van der Waals surface area contributed by atoms with Gasteiger partial charge in [0, 0.05) is 30.8 Å². The van der Waals surface area contributed by atoms with Crippen LogP contribution in [-0.4, -0.2) is 52.2 Å². The molecule has 0 bridgehead atoms. The van der Waals surface area contributed by atoms with Crippen LogP contribution in [0.4, 0.5) is 0 Å². The average Bonchev–Trinajstić information content (AvgIpc) is 2.81. The van der Waals surface area contributed by atoms with E-state index in [0.717, 1.165) is 0 Å². The van der Waals surface area contributed by atoms with Gasteiger partial charge in [-0.15, -0.1) is 0 Å². The van der Waals surface area contributed by atoms with Crippen LogP contribution in [0, 0.1) is 12.8 Å². The summed E-state index contributed by atoms with van der Waals surface area (Å²) in [5, 5.41) is 3.97. The van der Waals surface area contributed by atoms with Crippen molar-refractivity contribution in [3.05, 3.63) is 45.5 Å². The number of nitrogens with zero attached hydrogens (tertiary/aromatic N) is 3. The zero-order chi connectivity index (χ0) is 17.8. The summed E-state index contributed by atoms with van der Waals surface area (Å²) in [5.41, 5.74) is 1.75. The Morgan fingerprint density at radius 2 is 2.32 bits per heavy atom. The Hall–Kier alpha value is -2.48. The maximum absolute atomic E-state index is 13.0. The average molecular weight is 346 g/mol. The number of aryl methyl sites for hydroxylation is 2. The normalized spacial score (nSPS) is 18.2. The third kappa shape index (κ3) is 3.96. The zero-order valence-corrected chi connectivity index (χ0v) is 14.4. The molecule has 0 spiro atoms. The number of rotatable bonds is 4. The van der Waals surface area contributed by atoms with E-state index in [1.165, 1.54) is 12.4 Å². The Labute approximate surface area is 145 Å². The SMILES string of the molecule is CCc1noc(C)c1C(=O)N1CCOC[C@@H](Cc2cc(=O)[nH]cn2)C1. The number of ether oxygens (including phenoxy) is 1. The fraction of sp³-hybridized carbons (Fsp3) is 0.529. The lowest BCUT2D eigenvalue weighted by Crippen LogP contribution is -2.37. The van der Waals surface area contributed by atoms with Crippen molar-refractivity contribution in [2.24, 2.45) is 5.92 Å². The number of aromatic amines is 1. The van der Waals surface area contributed by atoms with Crippen LogP contribution in [0.1, 0.15) is 34.4 Å². The fourth-order valence-corrected chi connectivity index (χ4v) is 3.10. The summed E-state index contributed by atoms with van der Waals surface area (Å²) < 4.78 is 10.8. The molecule has 1 amide bonds. The smallest absolute Gasteiger partial charge is 0.259 e. The zero-order valence-electron chi connectivity index (χ0n) is 14.4. The molecule has 8 nitrogen and oxygen atoms in total. The first-order chi connectivity index (χ1) is 12.1. The highest BCUT2D eigenvalue weighted by molar-refractivity contribution is 5.96. The van der Waals surface area contributed by atoms with E-state index in [4.69, 9.17) is 9.26 Å². The Balaban J connectivity index is 1.76. The quantitative estimate of drug-likeness (QED) is 0.885. The van der Waals surface area contributed by atoms with Gasteiger partial charge in [0.15, 0.2) is 0 Å². The third-order valence-corrected chi connectivity index (χ3v) is 4.34. The molecule has 8 heteroatoms. The molecule has 1 saturated heterocycles. The van der Waals surface area contributed by atoms with Gasteiger partial charge in [-0.05, 0) is 19.8 Å². The van der Waals surface area contributed by atoms with Crippen molar-refractivity contribution in [1.82, 2.24) is 20.0 Å². The number of amides is 1. The number of carbonyl (C=O) groups is 1. The van der Waals surface area contributed by atoms with Crippen LogP contribution < -0.4 is 5.56 Å². The molecule has 0 aromatic carbocycles. The standard InChI is InChI=1S/C17H22N4O4/c1-3-14-16(11(2)25-20-14)17(23)21-4-5-24-9-12(8-21)6-13-7-15(22)19-10-18-13/h7,10,12H,3-6,8-9H2,1-2H3,(H,18,19,22)/t12-/m0/s1. The Bertz CT molecular complexity index is 798. The summed E-state index contributed by atoms with van der Waals surface area (Å²) in [7, 11) is 0. The van der Waals surface area contributed by atoms with E-state index in [0.29, 0.717) is 61.9 Å². The van der Waals surface area contributed by atoms with E-state index in [9.17, 15) is 9.59 Å². The maximum atomic E-state index is 13.0. The van der Waals surface area contributed by atoms with Crippen LogP contribution >= 0.6 is 0 Å². The van der Waals surface area contributed by atoms with E-state index in [1.807, 2.05) is 6.92 Å². The van der Waals surface area contributed by atoms with Crippen LogP contribution in [0.5, 0.6) is 0 Å². The molecule has 1 aliphatic rings. The molecule has 0 unspecified atom stereocenters. The van der Waals surface area contributed by atoms with Crippen molar-refractivity contribution in [1.29, 1.82) is 0 Å². The van der Waals surface area contributed by atoms with Crippen molar-refractivity contribution in [3.63, 3.8) is 0 Å². The van der Waals surface area contributed by atoms with Gasteiger partial charge in [0.25, 0.3) is 11.5 Å². The van der Waals surface area contributed by atoms with Crippen LogP contribution in [0.25, 0.3) is 0 Å². The predicted octanol–water partition coefficient (Wildman–Crippen LogP) is 0.960. The van der Waals surface area contributed by atoms with Crippen molar-refractivity contribution < 1.29 is 14.1 Å². The maximum Gasteiger partial charge on any atom is 0.259 e. The first-order valence-corrected chi connectivity index (χ1v) is 8.44. The summed E-state index contributed by atoms with van der Waals surface area (Å²) in [4.78, 5) is 32.9. The summed E-state index contributed by atoms with van der Waals surface area (Å²) in [6, 6.07) is 1.48. The number of hydrogen-bond donors (Lipinski definition) is 1. The fourth-order valence-electron chi connectivity index (χ4n) is 3.10.